The Morgan fingerprint density at radius 2 is 2.55 bits per heavy atom. The highest BCUT2D eigenvalue weighted by Gasteiger charge is 2.10. The molecule has 1 aromatic heterocycles. The van der Waals surface area contributed by atoms with Crippen molar-refractivity contribution in [2.24, 2.45) is 0 Å². The van der Waals surface area contributed by atoms with Crippen LogP contribution in [0.2, 0.25) is 6.82 Å². The maximum atomic E-state index is 4.32. The second-order valence-corrected chi connectivity index (χ2v) is 2.88. The molecule has 3 heteroatoms. The van der Waals surface area contributed by atoms with Gasteiger partial charge in [0.1, 0.15) is 5.82 Å². The zero-order valence-corrected chi connectivity index (χ0v) is 6.72. The molecule has 0 radical (unpaired) electrons. The highest BCUT2D eigenvalue weighted by Crippen LogP contribution is 2.16. The van der Waals surface area contributed by atoms with Crippen molar-refractivity contribution >= 4 is 18.6 Å². The molecule has 2 heterocycles. The Kier molecular flexibility index (Phi) is 1.57. The highest BCUT2D eigenvalue weighted by molar-refractivity contribution is 6.51. The minimum absolute atomic E-state index is 1.05. The number of hydrogen-bond donors (Lipinski definition) is 1. The number of aromatic nitrogens is 1. The van der Waals surface area contributed by atoms with Crippen LogP contribution in [0.5, 0.6) is 0 Å². The Hall–Kier alpha value is -0.985. The van der Waals surface area contributed by atoms with Crippen LogP contribution in [0.15, 0.2) is 12.3 Å². The molecule has 1 aliphatic heterocycles. The summed E-state index contributed by atoms with van der Waals surface area (Å²) in [6.45, 7) is 3.21. The normalized spacial score (nSPS) is 13.9. The topological polar surface area (TPSA) is 24.9 Å². The van der Waals surface area contributed by atoms with E-state index < -0.39 is 0 Å². The van der Waals surface area contributed by atoms with Crippen LogP contribution in [0.1, 0.15) is 5.56 Å². The molecule has 0 saturated carbocycles. The van der Waals surface area contributed by atoms with Crippen molar-refractivity contribution in [1.82, 2.24) is 4.98 Å². The molecule has 56 valence electrons. The molecule has 0 spiro atoms. The molecule has 2 rings (SSSR count). The van der Waals surface area contributed by atoms with E-state index in [4.69, 9.17) is 0 Å². The molecule has 0 unspecified atom stereocenters. The maximum absolute atomic E-state index is 4.32. The molecule has 1 aliphatic rings. The van der Waals surface area contributed by atoms with E-state index in [1.165, 1.54) is 11.0 Å². The van der Waals surface area contributed by atoms with Crippen LogP contribution in [0.25, 0.3) is 0 Å². The van der Waals surface area contributed by atoms with E-state index in [1.807, 2.05) is 6.20 Å². The molecule has 0 aliphatic carbocycles. The Bertz CT molecular complexity index is 273. The van der Waals surface area contributed by atoms with Gasteiger partial charge in [0, 0.05) is 12.7 Å². The summed E-state index contributed by atoms with van der Waals surface area (Å²) in [5, 5.41) is 3.24. The SMILES string of the molecule is CBc1cnc2c(c1)CCN2. The molecule has 2 nitrogen and oxygen atoms in total. The minimum Gasteiger partial charge on any atom is -0.370 e. The average Bonchev–Trinajstić information content (AvgIpc) is 2.50. The smallest absolute Gasteiger partial charge is 0.156 e. The first kappa shape index (κ1) is 6.71. The van der Waals surface area contributed by atoms with Crippen molar-refractivity contribution < 1.29 is 0 Å². The number of hydrogen-bond acceptors (Lipinski definition) is 2. The molecule has 0 bridgehead atoms. The predicted octanol–water partition coefficient (Wildman–Crippen LogP) is 0.159. The first-order valence-electron chi connectivity index (χ1n) is 4.12. The minimum atomic E-state index is 1.05. The second-order valence-electron chi connectivity index (χ2n) is 2.88. The van der Waals surface area contributed by atoms with Gasteiger partial charge in [-0.05, 0) is 12.0 Å². The molecular weight excluding hydrogens is 135 g/mol. The van der Waals surface area contributed by atoms with E-state index in [9.17, 15) is 0 Å². The summed E-state index contributed by atoms with van der Waals surface area (Å²) in [5.74, 6) is 1.09. The summed E-state index contributed by atoms with van der Waals surface area (Å²) in [6.07, 6.45) is 3.09. The molecule has 11 heavy (non-hydrogen) atoms. The van der Waals surface area contributed by atoms with Gasteiger partial charge >= 0.3 is 0 Å². The van der Waals surface area contributed by atoms with Crippen LogP contribution < -0.4 is 10.8 Å². The van der Waals surface area contributed by atoms with Crippen LogP contribution in [-0.2, 0) is 6.42 Å². The Labute approximate surface area is 67.3 Å². The van der Waals surface area contributed by atoms with Crippen molar-refractivity contribution in [1.29, 1.82) is 0 Å². The van der Waals surface area contributed by atoms with Crippen molar-refractivity contribution in [3.05, 3.63) is 17.8 Å². The Morgan fingerprint density at radius 3 is 3.36 bits per heavy atom. The number of pyridine rings is 1. The third-order valence-electron chi connectivity index (χ3n) is 2.12. The zero-order valence-electron chi connectivity index (χ0n) is 6.72. The summed E-state index contributed by atoms with van der Waals surface area (Å²) in [5.41, 5.74) is 2.72. The number of anilines is 1. The lowest BCUT2D eigenvalue weighted by atomic mass is 9.74. The molecular formula is C8H11BN2. The van der Waals surface area contributed by atoms with Crippen LogP contribution in [0.3, 0.4) is 0 Å². The van der Waals surface area contributed by atoms with Gasteiger partial charge in [0.15, 0.2) is 7.28 Å². The van der Waals surface area contributed by atoms with E-state index in [2.05, 4.69) is 23.2 Å². The van der Waals surface area contributed by atoms with E-state index >= 15 is 0 Å². The quantitative estimate of drug-likeness (QED) is 0.570. The summed E-state index contributed by atoms with van der Waals surface area (Å²) in [7, 11) is 1.08. The molecule has 1 aromatic rings. The number of rotatable bonds is 1. The van der Waals surface area contributed by atoms with Gasteiger partial charge < -0.3 is 5.32 Å². The van der Waals surface area contributed by atoms with Crippen LogP contribution in [0, 0.1) is 0 Å². The Morgan fingerprint density at radius 1 is 1.64 bits per heavy atom. The number of nitrogens with one attached hydrogen (secondary N) is 1. The average molecular weight is 146 g/mol. The van der Waals surface area contributed by atoms with Crippen LogP contribution >= 0.6 is 0 Å². The van der Waals surface area contributed by atoms with Gasteiger partial charge in [-0.2, -0.15) is 0 Å². The maximum Gasteiger partial charge on any atom is 0.156 e. The molecule has 0 atom stereocenters. The van der Waals surface area contributed by atoms with Crippen molar-refractivity contribution in [3.63, 3.8) is 0 Å². The van der Waals surface area contributed by atoms with Gasteiger partial charge in [-0.3, -0.25) is 0 Å². The van der Waals surface area contributed by atoms with Crippen molar-refractivity contribution in [3.8, 4) is 0 Å². The monoisotopic (exact) mass is 146 g/mol. The highest BCUT2D eigenvalue weighted by atomic mass is 15.0. The lowest BCUT2D eigenvalue weighted by Gasteiger charge is -1.99. The van der Waals surface area contributed by atoms with Gasteiger partial charge in [0.25, 0.3) is 0 Å². The first-order valence-corrected chi connectivity index (χ1v) is 4.12. The summed E-state index contributed by atoms with van der Waals surface area (Å²) in [4.78, 5) is 4.32. The van der Waals surface area contributed by atoms with E-state index in [1.54, 1.807) is 0 Å². The fraction of sp³-hybridized carbons (Fsp3) is 0.375. The fourth-order valence-electron chi connectivity index (χ4n) is 1.42. The summed E-state index contributed by atoms with van der Waals surface area (Å²) < 4.78 is 0. The molecule has 0 fully saturated rings. The third-order valence-corrected chi connectivity index (χ3v) is 2.12. The molecule has 0 saturated heterocycles. The molecule has 0 aromatic carbocycles. The zero-order chi connectivity index (χ0) is 7.68. The van der Waals surface area contributed by atoms with E-state index in [0.717, 1.165) is 26.1 Å². The fourth-order valence-corrected chi connectivity index (χ4v) is 1.42. The van der Waals surface area contributed by atoms with Crippen LogP contribution in [-0.4, -0.2) is 18.8 Å². The second kappa shape index (κ2) is 2.57. The third kappa shape index (κ3) is 1.11. The lowest BCUT2D eigenvalue weighted by molar-refractivity contribution is 1.11. The first-order chi connectivity index (χ1) is 5.40. The van der Waals surface area contributed by atoms with E-state index in [0.29, 0.717) is 0 Å². The van der Waals surface area contributed by atoms with Crippen LogP contribution in [0.4, 0.5) is 5.82 Å². The van der Waals surface area contributed by atoms with Gasteiger partial charge in [0.2, 0.25) is 0 Å². The summed E-state index contributed by atoms with van der Waals surface area (Å²) in [6, 6.07) is 2.25. The van der Waals surface area contributed by atoms with E-state index in [-0.39, 0.29) is 0 Å². The number of fused-ring (bicyclic) bond motifs is 1. The number of nitrogens with zero attached hydrogens (tertiary/aromatic N) is 1. The van der Waals surface area contributed by atoms with Crippen molar-refractivity contribution in [2.45, 2.75) is 13.2 Å². The molecule has 0 amide bonds. The van der Waals surface area contributed by atoms with Gasteiger partial charge in [-0.25, -0.2) is 4.98 Å². The van der Waals surface area contributed by atoms with Gasteiger partial charge in [0.05, 0.1) is 0 Å². The lowest BCUT2D eigenvalue weighted by Crippen LogP contribution is -2.11. The predicted molar refractivity (Wildman–Crippen MR) is 49.1 cm³/mol. The van der Waals surface area contributed by atoms with Crippen molar-refractivity contribution in [2.75, 3.05) is 11.9 Å². The summed E-state index contributed by atoms with van der Waals surface area (Å²) >= 11 is 0. The molecule has 1 N–H and O–H groups in total. The Balaban J connectivity index is 2.41. The largest absolute Gasteiger partial charge is 0.370 e. The standard InChI is InChI=1S/C8H11BN2/c1-9-7-4-6-2-3-10-8(6)11-5-7/h4-5,9H,2-3H2,1H3,(H,10,11). The van der Waals surface area contributed by atoms with Gasteiger partial charge in [-0.1, -0.05) is 18.4 Å². The van der Waals surface area contributed by atoms with Gasteiger partial charge in [-0.15, -0.1) is 0 Å².